The number of hydrogen-bond donors (Lipinski definition) is 1. The van der Waals surface area contributed by atoms with Crippen molar-refractivity contribution >= 4 is 17.5 Å². The van der Waals surface area contributed by atoms with Crippen LogP contribution in [0.3, 0.4) is 0 Å². The zero-order valence-corrected chi connectivity index (χ0v) is 11.9. The fourth-order valence-corrected chi connectivity index (χ4v) is 2.63. The Bertz CT molecular complexity index is 770. The van der Waals surface area contributed by atoms with Gasteiger partial charge in [0.15, 0.2) is 11.4 Å². The fourth-order valence-electron chi connectivity index (χ4n) is 2.44. The van der Waals surface area contributed by atoms with Crippen molar-refractivity contribution in [2.45, 2.75) is 13.1 Å². The molecule has 1 N–H and O–H groups in total. The largest absolute Gasteiger partial charge is 0.503 e. The highest BCUT2D eigenvalue weighted by Crippen LogP contribution is 2.23. The van der Waals surface area contributed by atoms with E-state index < -0.39 is 11.2 Å². The molecule has 6 heteroatoms. The standard InChI is InChI=1S/C15H13ClN2O3/c16-11-4-2-1-3-10(11)9-18-8-7-17-6-5-12(19)14(20)13(17)15(18)21/h1-6,20H,7-9H2. The predicted molar refractivity (Wildman–Crippen MR) is 78.6 cm³/mol. The minimum atomic E-state index is -0.547. The number of carbonyl (C=O) groups is 1. The molecule has 1 aliphatic heterocycles. The van der Waals surface area contributed by atoms with E-state index in [0.29, 0.717) is 24.7 Å². The van der Waals surface area contributed by atoms with Crippen LogP contribution in [-0.2, 0) is 13.1 Å². The average Bonchev–Trinajstić information content (AvgIpc) is 2.48. The molecule has 0 saturated heterocycles. The van der Waals surface area contributed by atoms with E-state index in [-0.39, 0.29) is 11.6 Å². The molecule has 0 bridgehead atoms. The number of fused-ring (bicyclic) bond motifs is 1. The van der Waals surface area contributed by atoms with Crippen LogP contribution >= 0.6 is 11.6 Å². The van der Waals surface area contributed by atoms with Gasteiger partial charge in [-0.15, -0.1) is 0 Å². The first-order valence-electron chi connectivity index (χ1n) is 6.53. The van der Waals surface area contributed by atoms with E-state index in [1.54, 1.807) is 15.5 Å². The van der Waals surface area contributed by atoms with E-state index >= 15 is 0 Å². The van der Waals surface area contributed by atoms with E-state index in [4.69, 9.17) is 11.6 Å². The van der Waals surface area contributed by atoms with Crippen molar-refractivity contribution in [1.82, 2.24) is 9.47 Å². The summed E-state index contributed by atoms with van der Waals surface area (Å²) < 4.78 is 1.60. The number of nitrogens with zero attached hydrogens (tertiary/aromatic N) is 2. The van der Waals surface area contributed by atoms with Gasteiger partial charge in [-0.05, 0) is 11.6 Å². The monoisotopic (exact) mass is 304 g/mol. The molecule has 1 aromatic heterocycles. The Balaban J connectivity index is 1.94. The van der Waals surface area contributed by atoms with Crippen LogP contribution in [0.4, 0.5) is 0 Å². The van der Waals surface area contributed by atoms with Crippen LogP contribution in [0.5, 0.6) is 5.75 Å². The van der Waals surface area contributed by atoms with Crippen LogP contribution in [0.1, 0.15) is 16.1 Å². The number of halogens is 1. The maximum Gasteiger partial charge on any atom is 0.274 e. The van der Waals surface area contributed by atoms with Gasteiger partial charge in [0, 0.05) is 36.9 Å². The third-order valence-electron chi connectivity index (χ3n) is 3.57. The Labute approximate surface area is 126 Å². The van der Waals surface area contributed by atoms with E-state index in [2.05, 4.69) is 0 Å². The van der Waals surface area contributed by atoms with E-state index in [0.717, 1.165) is 5.56 Å². The predicted octanol–water partition coefficient (Wildman–Crippen LogP) is 1.86. The van der Waals surface area contributed by atoms with Gasteiger partial charge in [0.2, 0.25) is 5.43 Å². The van der Waals surface area contributed by atoms with E-state index in [9.17, 15) is 14.7 Å². The number of rotatable bonds is 2. The number of benzene rings is 1. The molecule has 2 aromatic rings. The minimum Gasteiger partial charge on any atom is -0.503 e. The van der Waals surface area contributed by atoms with Gasteiger partial charge in [0.05, 0.1) is 0 Å². The molecule has 2 heterocycles. The summed E-state index contributed by atoms with van der Waals surface area (Å²) in [5.74, 6) is -0.859. The van der Waals surface area contributed by atoms with Gasteiger partial charge in [-0.3, -0.25) is 9.59 Å². The summed E-state index contributed by atoms with van der Waals surface area (Å²) in [4.78, 5) is 25.5. The molecule has 0 aliphatic carbocycles. The van der Waals surface area contributed by atoms with Crippen molar-refractivity contribution in [2.75, 3.05) is 6.54 Å². The third-order valence-corrected chi connectivity index (χ3v) is 3.94. The average molecular weight is 305 g/mol. The van der Waals surface area contributed by atoms with Gasteiger partial charge in [-0.1, -0.05) is 29.8 Å². The van der Waals surface area contributed by atoms with Gasteiger partial charge in [-0.25, -0.2) is 0 Å². The van der Waals surface area contributed by atoms with Gasteiger partial charge < -0.3 is 14.6 Å². The molecule has 1 aromatic carbocycles. The first-order chi connectivity index (χ1) is 10.1. The molecule has 1 amide bonds. The molecule has 0 fully saturated rings. The first-order valence-corrected chi connectivity index (χ1v) is 6.91. The maximum atomic E-state index is 12.5. The zero-order chi connectivity index (χ0) is 15.0. The van der Waals surface area contributed by atoms with Gasteiger partial charge in [0.25, 0.3) is 5.91 Å². The Morgan fingerprint density at radius 1 is 1.14 bits per heavy atom. The lowest BCUT2D eigenvalue weighted by molar-refractivity contribution is 0.0683. The van der Waals surface area contributed by atoms with Crippen LogP contribution in [-0.4, -0.2) is 27.0 Å². The third kappa shape index (κ3) is 2.40. The zero-order valence-electron chi connectivity index (χ0n) is 11.1. The highest BCUT2D eigenvalue weighted by Gasteiger charge is 2.28. The Kier molecular flexibility index (Phi) is 3.43. The molecule has 3 rings (SSSR count). The van der Waals surface area contributed by atoms with Crippen LogP contribution in [0.2, 0.25) is 5.02 Å². The normalized spacial score (nSPS) is 14.1. The van der Waals surface area contributed by atoms with Crippen LogP contribution in [0.15, 0.2) is 41.3 Å². The molecule has 1 aliphatic rings. The van der Waals surface area contributed by atoms with Gasteiger partial charge in [-0.2, -0.15) is 0 Å². The lowest BCUT2D eigenvalue weighted by Crippen LogP contribution is -2.41. The lowest BCUT2D eigenvalue weighted by Gasteiger charge is -2.30. The molecule has 0 atom stereocenters. The number of amides is 1. The molecule has 0 saturated carbocycles. The molecule has 0 unspecified atom stereocenters. The number of carbonyl (C=O) groups excluding carboxylic acids is 1. The van der Waals surface area contributed by atoms with Crippen LogP contribution in [0.25, 0.3) is 0 Å². The number of pyridine rings is 1. The second-order valence-electron chi connectivity index (χ2n) is 4.89. The van der Waals surface area contributed by atoms with E-state index in [1.165, 1.54) is 12.3 Å². The molecule has 0 radical (unpaired) electrons. The van der Waals surface area contributed by atoms with Crippen molar-refractivity contribution in [1.29, 1.82) is 0 Å². The Morgan fingerprint density at radius 3 is 2.67 bits per heavy atom. The summed E-state index contributed by atoms with van der Waals surface area (Å²) in [7, 11) is 0. The van der Waals surface area contributed by atoms with Crippen LogP contribution < -0.4 is 5.43 Å². The summed E-state index contributed by atoms with van der Waals surface area (Å²) in [6.07, 6.45) is 1.53. The highest BCUT2D eigenvalue weighted by molar-refractivity contribution is 6.31. The Morgan fingerprint density at radius 2 is 1.90 bits per heavy atom. The summed E-state index contributed by atoms with van der Waals surface area (Å²) in [5, 5.41) is 10.4. The topological polar surface area (TPSA) is 62.5 Å². The molecule has 108 valence electrons. The summed E-state index contributed by atoms with van der Waals surface area (Å²) in [5.41, 5.74) is 0.328. The summed E-state index contributed by atoms with van der Waals surface area (Å²) in [6.45, 7) is 1.37. The number of aromatic nitrogens is 1. The molecule has 0 spiro atoms. The van der Waals surface area contributed by atoms with Gasteiger partial charge >= 0.3 is 0 Å². The second-order valence-corrected chi connectivity index (χ2v) is 5.30. The Hall–Kier alpha value is -2.27. The lowest BCUT2D eigenvalue weighted by atomic mass is 10.1. The molecular formula is C15H13ClN2O3. The van der Waals surface area contributed by atoms with Gasteiger partial charge in [0.1, 0.15) is 0 Å². The van der Waals surface area contributed by atoms with Crippen molar-refractivity contribution < 1.29 is 9.90 Å². The van der Waals surface area contributed by atoms with Crippen LogP contribution in [0, 0.1) is 0 Å². The smallest absolute Gasteiger partial charge is 0.274 e. The first kappa shape index (κ1) is 13.7. The molecule has 5 nitrogen and oxygen atoms in total. The minimum absolute atomic E-state index is 0.0424. The number of aromatic hydroxyl groups is 1. The SMILES string of the molecule is O=C1c2c(O)c(=O)ccn2CCN1Cc1ccccc1Cl. The second kappa shape index (κ2) is 5.26. The highest BCUT2D eigenvalue weighted by atomic mass is 35.5. The molecular weight excluding hydrogens is 292 g/mol. The molecule has 21 heavy (non-hydrogen) atoms. The van der Waals surface area contributed by atoms with Crippen molar-refractivity contribution in [3.8, 4) is 5.75 Å². The maximum absolute atomic E-state index is 12.5. The number of hydrogen-bond acceptors (Lipinski definition) is 3. The van der Waals surface area contributed by atoms with E-state index in [1.807, 2.05) is 18.2 Å². The summed E-state index contributed by atoms with van der Waals surface area (Å²) >= 11 is 6.11. The summed E-state index contributed by atoms with van der Waals surface area (Å²) in [6, 6.07) is 8.55. The quantitative estimate of drug-likeness (QED) is 0.921. The van der Waals surface area contributed by atoms with Crippen molar-refractivity contribution in [3.63, 3.8) is 0 Å². The van der Waals surface area contributed by atoms with Crippen molar-refractivity contribution in [3.05, 3.63) is 63.0 Å². The fraction of sp³-hybridized carbons (Fsp3) is 0.200. The van der Waals surface area contributed by atoms with Crippen molar-refractivity contribution in [2.24, 2.45) is 0 Å².